The van der Waals surface area contributed by atoms with Crippen molar-refractivity contribution in [3.8, 4) is 0 Å². The summed E-state index contributed by atoms with van der Waals surface area (Å²) in [5, 5.41) is 3.64. The maximum Gasteiger partial charge on any atom is 0.123 e. The Hall–Kier alpha value is -0.930. The Morgan fingerprint density at radius 3 is 2.79 bits per heavy atom. The Balaban J connectivity index is 1.62. The molecule has 0 amide bonds. The maximum absolute atomic E-state index is 12.9. The van der Waals surface area contributed by atoms with Gasteiger partial charge in [-0.2, -0.15) is 0 Å². The summed E-state index contributed by atoms with van der Waals surface area (Å²) in [4.78, 5) is 0. The molecular weight excluding hydrogens is 241 g/mol. The quantitative estimate of drug-likeness (QED) is 0.904. The first-order valence-electron chi connectivity index (χ1n) is 7.18. The molecule has 0 unspecified atom stereocenters. The number of benzene rings is 1. The predicted octanol–water partition coefficient (Wildman–Crippen LogP) is 3.12. The van der Waals surface area contributed by atoms with Gasteiger partial charge in [-0.05, 0) is 30.5 Å². The zero-order valence-electron chi connectivity index (χ0n) is 11.7. The molecule has 19 heavy (non-hydrogen) atoms. The summed E-state index contributed by atoms with van der Waals surface area (Å²) in [5.74, 6) is 0.470. The van der Waals surface area contributed by atoms with Crippen molar-refractivity contribution in [2.24, 2.45) is 11.3 Å². The Kier molecular flexibility index (Phi) is 3.35. The van der Waals surface area contributed by atoms with E-state index in [1.165, 1.54) is 25.0 Å². The summed E-state index contributed by atoms with van der Waals surface area (Å²) in [6, 6.07) is 7.25. The summed E-state index contributed by atoms with van der Waals surface area (Å²) >= 11 is 0. The molecule has 0 spiro atoms. The average Bonchev–Trinajstić information content (AvgIpc) is 2.41. The number of ether oxygens (including phenoxy) is 1. The number of nitrogens with one attached hydrogen (secondary N) is 1. The maximum atomic E-state index is 12.9. The second-order valence-corrected chi connectivity index (χ2v) is 6.40. The average molecular weight is 263 g/mol. The summed E-state index contributed by atoms with van der Waals surface area (Å²) < 4.78 is 18.8. The van der Waals surface area contributed by atoms with Gasteiger partial charge in [0.25, 0.3) is 0 Å². The molecule has 1 heterocycles. The van der Waals surface area contributed by atoms with Gasteiger partial charge < -0.3 is 10.1 Å². The van der Waals surface area contributed by atoms with Crippen LogP contribution in [0.3, 0.4) is 0 Å². The molecule has 3 rings (SSSR count). The molecule has 1 aliphatic carbocycles. The number of hydrogen-bond acceptors (Lipinski definition) is 2. The van der Waals surface area contributed by atoms with Crippen molar-refractivity contribution in [2.45, 2.75) is 45.4 Å². The standard InChI is InChI=1S/C16H22FNO/c1-16(2)14(13-4-3-9-19-15(13)16)18-10-11-5-7-12(17)8-6-11/h5-8,13-15,18H,3-4,9-10H2,1-2H3/t13-,14+,15-/m0/s1. The van der Waals surface area contributed by atoms with Crippen LogP contribution in [0.5, 0.6) is 0 Å². The fourth-order valence-corrected chi connectivity index (χ4v) is 3.77. The van der Waals surface area contributed by atoms with Crippen LogP contribution in [0.4, 0.5) is 4.39 Å². The van der Waals surface area contributed by atoms with Gasteiger partial charge in [-0.3, -0.25) is 0 Å². The van der Waals surface area contributed by atoms with Crippen LogP contribution in [0, 0.1) is 17.2 Å². The Labute approximate surface area is 114 Å². The minimum atomic E-state index is -0.173. The first-order valence-corrected chi connectivity index (χ1v) is 7.18. The molecule has 104 valence electrons. The normalized spacial score (nSPS) is 32.5. The van der Waals surface area contributed by atoms with Gasteiger partial charge in [0, 0.05) is 30.5 Å². The van der Waals surface area contributed by atoms with Gasteiger partial charge in [0.05, 0.1) is 6.10 Å². The van der Waals surface area contributed by atoms with Crippen molar-refractivity contribution in [3.63, 3.8) is 0 Å². The van der Waals surface area contributed by atoms with E-state index in [2.05, 4.69) is 19.2 Å². The third-order valence-electron chi connectivity index (χ3n) is 4.77. The molecule has 1 aromatic rings. The van der Waals surface area contributed by atoms with E-state index < -0.39 is 0 Å². The van der Waals surface area contributed by atoms with Gasteiger partial charge in [-0.1, -0.05) is 26.0 Å². The third-order valence-corrected chi connectivity index (χ3v) is 4.77. The number of halogens is 1. The number of rotatable bonds is 3. The Morgan fingerprint density at radius 2 is 2.05 bits per heavy atom. The molecule has 2 fully saturated rings. The van der Waals surface area contributed by atoms with Gasteiger partial charge in [-0.25, -0.2) is 4.39 Å². The number of hydrogen-bond donors (Lipinski definition) is 1. The van der Waals surface area contributed by atoms with E-state index >= 15 is 0 Å². The van der Waals surface area contributed by atoms with E-state index in [0.717, 1.165) is 18.7 Å². The van der Waals surface area contributed by atoms with Crippen LogP contribution in [0.25, 0.3) is 0 Å². The fourth-order valence-electron chi connectivity index (χ4n) is 3.77. The van der Waals surface area contributed by atoms with E-state index in [0.29, 0.717) is 18.1 Å². The topological polar surface area (TPSA) is 21.3 Å². The highest BCUT2D eigenvalue weighted by Gasteiger charge is 2.57. The summed E-state index contributed by atoms with van der Waals surface area (Å²) in [6.07, 6.45) is 2.84. The lowest BCUT2D eigenvalue weighted by atomic mass is 9.55. The summed E-state index contributed by atoms with van der Waals surface area (Å²) in [5.41, 5.74) is 1.34. The van der Waals surface area contributed by atoms with E-state index in [1.807, 2.05) is 12.1 Å². The van der Waals surface area contributed by atoms with Crippen molar-refractivity contribution in [1.82, 2.24) is 5.32 Å². The first kappa shape index (κ1) is 13.1. The van der Waals surface area contributed by atoms with E-state index in [-0.39, 0.29) is 11.2 Å². The minimum absolute atomic E-state index is 0.173. The molecule has 2 nitrogen and oxygen atoms in total. The van der Waals surface area contributed by atoms with Crippen molar-refractivity contribution in [2.75, 3.05) is 6.61 Å². The molecule has 0 radical (unpaired) electrons. The molecule has 0 aromatic heterocycles. The van der Waals surface area contributed by atoms with E-state index in [1.54, 1.807) is 0 Å². The fraction of sp³-hybridized carbons (Fsp3) is 0.625. The molecular formula is C16H22FNO. The molecule has 1 saturated heterocycles. The zero-order chi connectivity index (χ0) is 13.5. The van der Waals surface area contributed by atoms with Gasteiger partial charge in [0.2, 0.25) is 0 Å². The van der Waals surface area contributed by atoms with Crippen LogP contribution in [-0.2, 0) is 11.3 Å². The SMILES string of the molecule is CC1(C)[C@H](NCc2ccc(F)cc2)[C@@H]2CCCO[C@@H]21. The van der Waals surface area contributed by atoms with Gasteiger partial charge in [0.1, 0.15) is 5.82 Å². The second-order valence-electron chi connectivity index (χ2n) is 6.40. The summed E-state index contributed by atoms with van der Waals surface area (Å²) in [6.45, 7) is 6.27. The molecule has 1 saturated carbocycles. The molecule has 1 aliphatic heterocycles. The lowest BCUT2D eigenvalue weighted by Gasteiger charge is -2.60. The van der Waals surface area contributed by atoms with Crippen molar-refractivity contribution in [1.29, 1.82) is 0 Å². The highest BCUT2D eigenvalue weighted by Crippen LogP contribution is 2.51. The molecule has 1 N–H and O–H groups in total. The zero-order valence-corrected chi connectivity index (χ0v) is 11.7. The highest BCUT2D eigenvalue weighted by molar-refractivity contribution is 5.17. The van der Waals surface area contributed by atoms with Crippen LogP contribution in [0.2, 0.25) is 0 Å². The molecule has 0 bridgehead atoms. The van der Waals surface area contributed by atoms with Gasteiger partial charge >= 0.3 is 0 Å². The van der Waals surface area contributed by atoms with Gasteiger partial charge in [-0.15, -0.1) is 0 Å². The molecule has 1 aromatic carbocycles. The van der Waals surface area contributed by atoms with Crippen LogP contribution in [-0.4, -0.2) is 18.8 Å². The second kappa shape index (κ2) is 4.88. The Bertz CT molecular complexity index is 443. The van der Waals surface area contributed by atoms with E-state index in [4.69, 9.17) is 4.74 Å². The largest absolute Gasteiger partial charge is 0.377 e. The Morgan fingerprint density at radius 1 is 1.32 bits per heavy atom. The van der Waals surface area contributed by atoms with Crippen molar-refractivity contribution < 1.29 is 9.13 Å². The lowest BCUT2D eigenvalue weighted by Crippen LogP contribution is -2.69. The van der Waals surface area contributed by atoms with Crippen LogP contribution < -0.4 is 5.32 Å². The summed E-state index contributed by atoms with van der Waals surface area (Å²) in [7, 11) is 0. The van der Waals surface area contributed by atoms with Crippen molar-refractivity contribution in [3.05, 3.63) is 35.6 Å². The van der Waals surface area contributed by atoms with E-state index in [9.17, 15) is 4.39 Å². The van der Waals surface area contributed by atoms with Gasteiger partial charge in [0.15, 0.2) is 0 Å². The first-order chi connectivity index (χ1) is 9.09. The third kappa shape index (κ3) is 2.30. The molecule has 2 aliphatic rings. The monoisotopic (exact) mass is 263 g/mol. The highest BCUT2D eigenvalue weighted by atomic mass is 19.1. The van der Waals surface area contributed by atoms with Crippen LogP contribution >= 0.6 is 0 Å². The molecule has 3 atom stereocenters. The smallest absolute Gasteiger partial charge is 0.123 e. The predicted molar refractivity (Wildman–Crippen MR) is 73.3 cm³/mol. The van der Waals surface area contributed by atoms with Crippen LogP contribution in [0.15, 0.2) is 24.3 Å². The minimum Gasteiger partial charge on any atom is -0.377 e. The van der Waals surface area contributed by atoms with Crippen molar-refractivity contribution >= 4 is 0 Å². The number of fused-ring (bicyclic) bond motifs is 1. The molecule has 3 heteroatoms. The lowest BCUT2D eigenvalue weighted by molar-refractivity contribution is -0.192. The van der Waals surface area contributed by atoms with Crippen LogP contribution in [0.1, 0.15) is 32.3 Å².